The summed E-state index contributed by atoms with van der Waals surface area (Å²) >= 11 is 0. The van der Waals surface area contributed by atoms with Crippen molar-refractivity contribution in [3.63, 3.8) is 0 Å². The van der Waals surface area contributed by atoms with Gasteiger partial charge in [-0.3, -0.25) is 0 Å². The van der Waals surface area contributed by atoms with Gasteiger partial charge in [0.2, 0.25) is 0 Å². The van der Waals surface area contributed by atoms with Crippen LogP contribution in [-0.2, 0) is 0 Å². The SMILES string of the molecule is C/C=c1/cccc/c1=C/N.CC. The van der Waals surface area contributed by atoms with Crippen LogP contribution in [0.2, 0.25) is 0 Å². The van der Waals surface area contributed by atoms with Crippen LogP contribution in [0.15, 0.2) is 24.3 Å². The molecule has 2 N–H and O–H groups in total. The van der Waals surface area contributed by atoms with E-state index in [1.165, 1.54) is 5.22 Å². The minimum Gasteiger partial charge on any atom is -0.404 e. The van der Waals surface area contributed by atoms with Crippen LogP contribution in [0.4, 0.5) is 0 Å². The van der Waals surface area contributed by atoms with Crippen molar-refractivity contribution in [2.24, 2.45) is 5.73 Å². The van der Waals surface area contributed by atoms with Crippen LogP contribution in [-0.4, -0.2) is 0 Å². The maximum absolute atomic E-state index is 5.38. The van der Waals surface area contributed by atoms with E-state index in [9.17, 15) is 0 Å². The monoisotopic (exact) mass is 163 g/mol. The Morgan fingerprint density at radius 1 is 1.08 bits per heavy atom. The van der Waals surface area contributed by atoms with E-state index in [1.54, 1.807) is 6.20 Å². The van der Waals surface area contributed by atoms with Crippen molar-refractivity contribution < 1.29 is 0 Å². The summed E-state index contributed by atoms with van der Waals surface area (Å²) in [6.07, 6.45) is 3.66. The topological polar surface area (TPSA) is 26.0 Å². The van der Waals surface area contributed by atoms with Gasteiger partial charge in [0, 0.05) is 6.20 Å². The predicted octanol–water partition coefficient (Wildman–Crippen LogP) is 1.21. The molecule has 1 nitrogen and oxygen atoms in total. The maximum Gasteiger partial charge on any atom is 0.00174 e. The second-order valence-electron chi connectivity index (χ2n) is 2.08. The smallest absolute Gasteiger partial charge is 0.00174 e. The molecule has 0 bridgehead atoms. The van der Waals surface area contributed by atoms with Gasteiger partial charge < -0.3 is 5.73 Å². The van der Waals surface area contributed by atoms with Gasteiger partial charge in [-0.2, -0.15) is 0 Å². The molecule has 0 unspecified atom stereocenters. The van der Waals surface area contributed by atoms with Crippen LogP contribution in [0.25, 0.3) is 12.3 Å². The van der Waals surface area contributed by atoms with Crippen molar-refractivity contribution >= 4 is 12.3 Å². The van der Waals surface area contributed by atoms with E-state index >= 15 is 0 Å². The Balaban J connectivity index is 0.000000561. The lowest BCUT2D eigenvalue weighted by Gasteiger charge is -1.85. The Labute approximate surface area is 74.2 Å². The first-order valence-corrected chi connectivity index (χ1v) is 4.32. The highest BCUT2D eigenvalue weighted by atomic mass is 14.5. The molecule has 12 heavy (non-hydrogen) atoms. The van der Waals surface area contributed by atoms with E-state index in [1.807, 2.05) is 51.1 Å². The molecule has 66 valence electrons. The Bertz CT molecular complexity index is 279. The lowest BCUT2D eigenvalue weighted by atomic mass is 10.2. The Morgan fingerprint density at radius 3 is 1.92 bits per heavy atom. The van der Waals surface area contributed by atoms with Crippen LogP contribution in [0, 0.1) is 0 Å². The standard InChI is InChI=1S/C9H11N.C2H6/c1-2-8-5-3-4-6-9(8)7-10;1-2/h2-7H,10H2,1H3;1-2H3/b8-2-,9-7-;. The highest BCUT2D eigenvalue weighted by Crippen LogP contribution is 1.69. The number of nitrogens with two attached hydrogens (primary N) is 1. The molecule has 1 rings (SSSR count). The van der Waals surface area contributed by atoms with Gasteiger partial charge in [-0.05, 0) is 17.4 Å². The maximum atomic E-state index is 5.38. The van der Waals surface area contributed by atoms with E-state index < -0.39 is 0 Å². The van der Waals surface area contributed by atoms with Crippen molar-refractivity contribution in [2.75, 3.05) is 0 Å². The summed E-state index contributed by atoms with van der Waals surface area (Å²) in [5, 5.41) is 2.27. The van der Waals surface area contributed by atoms with Crippen molar-refractivity contribution in [3.05, 3.63) is 34.7 Å². The summed E-state index contributed by atoms with van der Waals surface area (Å²) in [7, 11) is 0. The second kappa shape index (κ2) is 6.47. The van der Waals surface area contributed by atoms with Crippen molar-refractivity contribution in [3.8, 4) is 0 Å². The van der Waals surface area contributed by atoms with Crippen LogP contribution < -0.4 is 16.2 Å². The lowest BCUT2D eigenvalue weighted by molar-refractivity contribution is 1.48. The summed E-state index contributed by atoms with van der Waals surface area (Å²) in [6, 6.07) is 8.02. The van der Waals surface area contributed by atoms with Crippen LogP contribution >= 0.6 is 0 Å². The molecule has 0 heterocycles. The van der Waals surface area contributed by atoms with E-state index in [0.29, 0.717) is 0 Å². The van der Waals surface area contributed by atoms with Crippen molar-refractivity contribution in [1.29, 1.82) is 0 Å². The minimum absolute atomic E-state index is 1.09. The first-order chi connectivity index (χ1) is 5.88. The molecule has 0 atom stereocenters. The molecule has 0 radical (unpaired) electrons. The number of hydrogen-bond donors (Lipinski definition) is 1. The van der Waals surface area contributed by atoms with E-state index in [0.717, 1.165) is 5.22 Å². The molecule has 0 saturated carbocycles. The molecule has 0 aliphatic carbocycles. The zero-order valence-corrected chi connectivity index (χ0v) is 8.04. The third-order valence-corrected chi connectivity index (χ3v) is 1.49. The summed E-state index contributed by atoms with van der Waals surface area (Å²) in [4.78, 5) is 0. The molecule has 1 heteroatoms. The Morgan fingerprint density at radius 2 is 1.58 bits per heavy atom. The molecule has 0 spiro atoms. The number of benzene rings is 1. The van der Waals surface area contributed by atoms with Gasteiger partial charge in [0.25, 0.3) is 0 Å². The van der Waals surface area contributed by atoms with Crippen LogP contribution in [0.1, 0.15) is 20.8 Å². The minimum atomic E-state index is 1.09. The molecule has 1 aromatic carbocycles. The molecule has 0 amide bonds. The lowest BCUT2D eigenvalue weighted by Crippen LogP contribution is -2.24. The van der Waals surface area contributed by atoms with E-state index in [2.05, 4.69) is 0 Å². The molecule has 0 aromatic heterocycles. The first kappa shape index (κ1) is 10.8. The summed E-state index contributed by atoms with van der Waals surface area (Å²) < 4.78 is 0. The van der Waals surface area contributed by atoms with Gasteiger partial charge in [0.05, 0.1) is 0 Å². The Hall–Kier alpha value is -1.24. The molecule has 0 saturated heterocycles. The normalized spacial score (nSPS) is 12.2. The Kier molecular flexibility index (Phi) is 5.80. The molecule has 0 aliphatic rings. The summed E-state index contributed by atoms with van der Waals surface area (Å²) in [5.74, 6) is 0. The highest BCUT2D eigenvalue weighted by Gasteiger charge is 1.77. The number of hydrogen-bond acceptors (Lipinski definition) is 1. The summed E-state index contributed by atoms with van der Waals surface area (Å²) in [6.45, 7) is 6.00. The fourth-order valence-electron chi connectivity index (χ4n) is 0.926. The third kappa shape index (κ3) is 2.79. The number of rotatable bonds is 0. The average molecular weight is 163 g/mol. The molecule has 1 aromatic rings. The quantitative estimate of drug-likeness (QED) is 0.611. The van der Waals surface area contributed by atoms with Crippen molar-refractivity contribution in [2.45, 2.75) is 20.8 Å². The fraction of sp³-hybridized carbons (Fsp3) is 0.273. The molecule has 0 aliphatic heterocycles. The average Bonchev–Trinajstić information content (AvgIpc) is 2.20. The van der Waals surface area contributed by atoms with Gasteiger partial charge in [-0.15, -0.1) is 0 Å². The van der Waals surface area contributed by atoms with E-state index in [-0.39, 0.29) is 0 Å². The third-order valence-electron chi connectivity index (χ3n) is 1.49. The largest absolute Gasteiger partial charge is 0.404 e. The zero-order chi connectivity index (χ0) is 9.40. The molecular weight excluding hydrogens is 146 g/mol. The van der Waals surface area contributed by atoms with Gasteiger partial charge in [-0.25, -0.2) is 0 Å². The summed E-state index contributed by atoms with van der Waals surface area (Å²) in [5.41, 5.74) is 5.38. The van der Waals surface area contributed by atoms with Crippen molar-refractivity contribution in [1.82, 2.24) is 0 Å². The molecular formula is C11H17N. The second-order valence-corrected chi connectivity index (χ2v) is 2.08. The predicted molar refractivity (Wildman–Crippen MR) is 55.8 cm³/mol. The fourth-order valence-corrected chi connectivity index (χ4v) is 0.926. The zero-order valence-electron chi connectivity index (χ0n) is 8.04. The van der Waals surface area contributed by atoms with Gasteiger partial charge in [-0.1, -0.05) is 44.2 Å². The van der Waals surface area contributed by atoms with E-state index in [4.69, 9.17) is 5.73 Å². The van der Waals surface area contributed by atoms with Crippen LogP contribution in [0.5, 0.6) is 0 Å². The van der Waals surface area contributed by atoms with Gasteiger partial charge in [0.1, 0.15) is 0 Å². The van der Waals surface area contributed by atoms with Crippen LogP contribution in [0.3, 0.4) is 0 Å². The first-order valence-electron chi connectivity index (χ1n) is 4.32. The van der Waals surface area contributed by atoms with Gasteiger partial charge in [0.15, 0.2) is 0 Å². The van der Waals surface area contributed by atoms with Gasteiger partial charge >= 0.3 is 0 Å². The highest BCUT2D eigenvalue weighted by molar-refractivity contribution is 5.27. The molecule has 0 fully saturated rings.